The second-order valence-electron chi connectivity index (χ2n) is 5.64. The zero-order chi connectivity index (χ0) is 17.2. The summed E-state index contributed by atoms with van der Waals surface area (Å²) in [6.07, 6.45) is 10.5. The Labute approximate surface area is 144 Å². The van der Waals surface area contributed by atoms with Gasteiger partial charge in [-0.25, -0.2) is 9.97 Å². The number of aromatic nitrogens is 5. The van der Waals surface area contributed by atoms with Crippen molar-refractivity contribution < 1.29 is 4.79 Å². The molecule has 0 unspecified atom stereocenters. The lowest BCUT2D eigenvalue weighted by atomic mass is 10.1. The largest absolute Gasteiger partial charge is 0.346 e. The van der Waals surface area contributed by atoms with E-state index >= 15 is 0 Å². The average molecular weight is 332 g/mol. The van der Waals surface area contributed by atoms with Crippen molar-refractivity contribution in [1.82, 2.24) is 29.2 Å². The first-order valence-electron chi connectivity index (χ1n) is 7.85. The standard InChI is InChI=1S/C18H16N6O/c1-23-8-7-20-17(23)14-4-2-3-5-15(14)18(25)22-11-13-10-21-16-12-19-6-9-24(13)16/h2-10,12H,11H2,1H3,(H,22,25). The van der Waals surface area contributed by atoms with E-state index in [1.54, 1.807) is 30.9 Å². The molecule has 0 fully saturated rings. The van der Waals surface area contributed by atoms with Gasteiger partial charge >= 0.3 is 0 Å². The summed E-state index contributed by atoms with van der Waals surface area (Å²) >= 11 is 0. The fourth-order valence-electron chi connectivity index (χ4n) is 2.79. The molecule has 3 aromatic heterocycles. The van der Waals surface area contributed by atoms with Gasteiger partial charge in [-0.05, 0) is 6.07 Å². The number of aryl methyl sites for hydroxylation is 1. The Bertz CT molecular complexity index is 1050. The van der Waals surface area contributed by atoms with Gasteiger partial charge in [-0.2, -0.15) is 0 Å². The summed E-state index contributed by atoms with van der Waals surface area (Å²) in [5.74, 6) is 0.606. The van der Waals surface area contributed by atoms with Crippen LogP contribution in [-0.2, 0) is 13.6 Å². The number of benzene rings is 1. The summed E-state index contributed by atoms with van der Waals surface area (Å²) in [5.41, 5.74) is 3.03. The molecule has 0 aliphatic heterocycles. The van der Waals surface area contributed by atoms with Crippen LogP contribution in [0.3, 0.4) is 0 Å². The quantitative estimate of drug-likeness (QED) is 0.620. The number of amides is 1. The topological polar surface area (TPSA) is 77.1 Å². The van der Waals surface area contributed by atoms with Crippen LogP contribution >= 0.6 is 0 Å². The van der Waals surface area contributed by atoms with E-state index in [4.69, 9.17) is 0 Å². The van der Waals surface area contributed by atoms with E-state index < -0.39 is 0 Å². The molecule has 0 spiro atoms. The fraction of sp³-hybridized carbons (Fsp3) is 0.111. The molecule has 124 valence electrons. The molecular formula is C18H16N6O. The van der Waals surface area contributed by atoms with Gasteiger partial charge in [0, 0.05) is 37.4 Å². The van der Waals surface area contributed by atoms with Crippen LogP contribution in [0.25, 0.3) is 17.0 Å². The molecule has 0 aliphatic carbocycles. The molecule has 0 saturated heterocycles. The molecule has 0 aliphatic rings. The van der Waals surface area contributed by atoms with Crippen molar-refractivity contribution in [2.24, 2.45) is 7.05 Å². The number of hydrogen-bond acceptors (Lipinski definition) is 4. The molecular weight excluding hydrogens is 316 g/mol. The van der Waals surface area contributed by atoms with Gasteiger partial charge in [-0.3, -0.25) is 14.2 Å². The highest BCUT2D eigenvalue weighted by Gasteiger charge is 2.15. The van der Waals surface area contributed by atoms with Crippen LogP contribution in [0.5, 0.6) is 0 Å². The van der Waals surface area contributed by atoms with E-state index in [1.165, 1.54) is 0 Å². The molecule has 0 atom stereocenters. The second kappa shape index (κ2) is 6.20. The van der Waals surface area contributed by atoms with Gasteiger partial charge in [0.05, 0.1) is 30.2 Å². The molecule has 25 heavy (non-hydrogen) atoms. The summed E-state index contributed by atoms with van der Waals surface area (Å²) in [5, 5.41) is 2.96. The molecule has 4 rings (SSSR count). The van der Waals surface area contributed by atoms with Crippen LogP contribution < -0.4 is 5.32 Å². The zero-order valence-corrected chi connectivity index (χ0v) is 13.6. The Hall–Kier alpha value is -3.48. The number of nitrogens with zero attached hydrogens (tertiary/aromatic N) is 5. The van der Waals surface area contributed by atoms with Gasteiger partial charge in [-0.15, -0.1) is 0 Å². The Morgan fingerprint density at radius 3 is 2.84 bits per heavy atom. The highest BCUT2D eigenvalue weighted by atomic mass is 16.1. The van der Waals surface area contributed by atoms with Gasteiger partial charge in [-0.1, -0.05) is 18.2 Å². The Balaban J connectivity index is 1.59. The van der Waals surface area contributed by atoms with Crippen molar-refractivity contribution in [1.29, 1.82) is 0 Å². The number of carbonyl (C=O) groups excluding carboxylic acids is 1. The van der Waals surface area contributed by atoms with Crippen molar-refractivity contribution in [2.75, 3.05) is 0 Å². The number of rotatable bonds is 4. The van der Waals surface area contributed by atoms with Crippen molar-refractivity contribution in [2.45, 2.75) is 6.54 Å². The first kappa shape index (κ1) is 15.1. The van der Waals surface area contributed by atoms with Gasteiger partial charge in [0.15, 0.2) is 5.65 Å². The highest BCUT2D eigenvalue weighted by molar-refractivity contribution is 6.00. The maximum Gasteiger partial charge on any atom is 0.252 e. The minimum absolute atomic E-state index is 0.150. The van der Waals surface area contributed by atoms with Crippen molar-refractivity contribution in [3.05, 3.63) is 72.7 Å². The van der Waals surface area contributed by atoms with E-state index in [0.29, 0.717) is 12.1 Å². The Morgan fingerprint density at radius 1 is 1.12 bits per heavy atom. The zero-order valence-electron chi connectivity index (χ0n) is 13.6. The molecule has 7 heteroatoms. The monoisotopic (exact) mass is 332 g/mol. The lowest BCUT2D eigenvalue weighted by molar-refractivity contribution is 0.0951. The predicted octanol–water partition coefficient (Wildman–Crippen LogP) is 2.06. The minimum atomic E-state index is -0.150. The van der Waals surface area contributed by atoms with E-state index in [-0.39, 0.29) is 5.91 Å². The lowest BCUT2D eigenvalue weighted by Gasteiger charge is -2.10. The van der Waals surface area contributed by atoms with Crippen molar-refractivity contribution >= 4 is 11.6 Å². The van der Waals surface area contributed by atoms with E-state index in [1.807, 2.05) is 46.6 Å². The van der Waals surface area contributed by atoms with Crippen molar-refractivity contribution in [3.8, 4) is 11.4 Å². The maximum atomic E-state index is 12.7. The molecule has 0 bridgehead atoms. The maximum absolute atomic E-state index is 12.7. The van der Waals surface area contributed by atoms with Gasteiger partial charge in [0.25, 0.3) is 5.91 Å². The third kappa shape index (κ3) is 2.76. The summed E-state index contributed by atoms with van der Waals surface area (Å²) in [6.45, 7) is 0.374. The molecule has 3 heterocycles. The minimum Gasteiger partial charge on any atom is -0.346 e. The summed E-state index contributed by atoms with van der Waals surface area (Å²) in [4.78, 5) is 25.4. The SMILES string of the molecule is Cn1ccnc1-c1ccccc1C(=O)NCc1cnc2cnccn12. The van der Waals surface area contributed by atoms with Crippen LogP contribution in [0, 0.1) is 0 Å². The molecule has 7 nitrogen and oxygen atoms in total. The van der Waals surface area contributed by atoms with Crippen molar-refractivity contribution in [3.63, 3.8) is 0 Å². The number of fused-ring (bicyclic) bond motifs is 1. The number of carbonyl (C=O) groups is 1. The first-order chi connectivity index (χ1) is 12.2. The molecule has 0 radical (unpaired) electrons. The van der Waals surface area contributed by atoms with Crippen LogP contribution in [0.1, 0.15) is 16.1 Å². The van der Waals surface area contributed by atoms with E-state index in [2.05, 4.69) is 20.3 Å². The predicted molar refractivity (Wildman–Crippen MR) is 92.8 cm³/mol. The summed E-state index contributed by atoms with van der Waals surface area (Å²) in [6, 6.07) is 7.45. The van der Waals surface area contributed by atoms with Gasteiger partial charge in [0.2, 0.25) is 0 Å². The number of hydrogen-bond donors (Lipinski definition) is 1. The second-order valence-corrected chi connectivity index (χ2v) is 5.64. The summed E-state index contributed by atoms with van der Waals surface area (Å²) in [7, 11) is 1.91. The number of nitrogens with one attached hydrogen (secondary N) is 1. The first-order valence-corrected chi connectivity index (χ1v) is 7.85. The lowest BCUT2D eigenvalue weighted by Crippen LogP contribution is -2.24. The molecule has 1 amide bonds. The Kier molecular flexibility index (Phi) is 3.74. The molecule has 1 N–H and O–H groups in total. The van der Waals surface area contributed by atoms with Gasteiger partial charge < -0.3 is 9.88 Å². The van der Waals surface area contributed by atoms with Crippen LogP contribution in [0.2, 0.25) is 0 Å². The summed E-state index contributed by atoms with van der Waals surface area (Å²) < 4.78 is 3.79. The van der Waals surface area contributed by atoms with Crippen LogP contribution in [0.4, 0.5) is 0 Å². The van der Waals surface area contributed by atoms with Crippen LogP contribution in [0.15, 0.2) is 61.4 Å². The molecule has 0 saturated carbocycles. The molecule has 1 aromatic carbocycles. The molecule has 4 aromatic rings. The van der Waals surface area contributed by atoms with E-state index in [9.17, 15) is 4.79 Å². The third-order valence-electron chi connectivity index (χ3n) is 4.06. The average Bonchev–Trinajstić information content (AvgIpc) is 3.26. The smallest absolute Gasteiger partial charge is 0.252 e. The normalized spacial score (nSPS) is 10.9. The van der Waals surface area contributed by atoms with Crippen LogP contribution in [-0.4, -0.2) is 29.8 Å². The Morgan fingerprint density at radius 2 is 2.00 bits per heavy atom. The van der Waals surface area contributed by atoms with E-state index in [0.717, 1.165) is 22.7 Å². The number of imidazole rings is 2. The third-order valence-corrected chi connectivity index (χ3v) is 4.06. The fourth-order valence-corrected chi connectivity index (χ4v) is 2.79. The highest BCUT2D eigenvalue weighted by Crippen LogP contribution is 2.21. The van der Waals surface area contributed by atoms with Gasteiger partial charge in [0.1, 0.15) is 5.82 Å².